The van der Waals surface area contributed by atoms with E-state index in [9.17, 15) is 4.79 Å². The van der Waals surface area contributed by atoms with Crippen LogP contribution < -0.4 is 16.6 Å². The first kappa shape index (κ1) is 22.6. The molecule has 27 heavy (non-hydrogen) atoms. The van der Waals surface area contributed by atoms with Crippen LogP contribution in [0.3, 0.4) is 0 Å². The zero-order valence-electron chi connectivity index (χ0n) is 16.1. The van der Waals surface area contributed by atoms with Crippen molar-refractivity contribution in [3.63, 3.8) is 0 Å². The Morgan fingerprint density at radius 2 is 1.70 bits per heavy atom. The molecule has 6 heteroatoms. The summed E-state index contributed by atoms with van der Waals surface area (Å²) in [5, 5.41) is 3.69. The quantitative estimate of drug-likeness (QED) is 0.404. The number of carbonyl (C=O) groups is 1. The number of H-pyrrole nitrogens is 1. The van der Waals surface area contributed by atoms with Gasteiger partial charge in [-0.05, 0) is 44.2 Å². The molecule has 2 aromatic carbocycles. The number of nitrogen functional groups attached to an aromatic ring is 1. The normalized spacial score (nSPS) is 10.9. The lowest BCUT2D eigenvalue weighted by Crippen LogP contribution is -2.17. The second-order valence-corrected chi connectivity index (χ2v) is 6.61. The van der Waals surface area contributed by atoms with Gasteiger partial charge in [-0.3, -0.25) is 4.79 Å². The van der Waals surface area contributed by atoms with E-state index in [0.717, 1.165) is 33.3 Å². The Hall–Kier alpha value is -2.46. The number of ketones is 1. The number of fused-ring (bicyclic) bond motifs is 1. The van der Waals surface area contributed by atoms with Crippen LogP contribution in [0, 0.1) is 0 Å². The van der Waals surface area contributed by atoms with Gasteiger partial charge >= 0.3 is 0 Å². The SMILES string of the molecule is C=C(C)c1ccccc1N.CC(=O)C(N)c1c[nH]c2ccccc12.CNP. The lowest BCUT2D eigenvalue weighted by molar-refractivity contribution is -0.118. The van der Waals surface area contributed by atoms with Crippen molar-refractivity contribution < 1.29 is 4.79 Å². The highest BCUT2D eigenvalue weighted by Crippen LogP contribution is 2.22. The van der Waals surface area contributed by atoms with Crippen LogP contribution in [0.4, 0.5) is 5.69 Å². The fourth-order valence-corrected chi connectivity index (χ4v) is 2.46. The fraction of sp³-hybridized carbons (Fsp3) is 0.190. The Kier molecular flexibility index (Phi) is 9.45. The number of rotatable bonds is 3. The van der Waals surface area contributed by atoms with Crippen molar-refractivity contribution in [1.29, 1.82) is 0 Å². The summed E-state index contributed by atoms with van der Waals surface area (Å²) < 4.78 is 0. The molecule has 0 spiro atoms. The van der Waals surface area contributed by atoms with Gasteiger partial charge < -0.3 is 21.5 Å². The number of para-hydroxylation sites is 2. The summed E-state index contributed by atoms with van der Waals surface area (Å²) in [5.41, 5.74) is 16.2. The van der Waals surface area contributed by atoms with Crippen LogP contribution in [-0.4, -0.2) is 17.8 Å². The van der Waals surface area contributed by atoms with E-state index in [0.29, 0.717) is 0 Å². The van der Waals surface area contributed by atoms with Crippen molar-refractivity contribution in [2.45, 2.75) is 19.9 Å². The lowest BCUT2D eigenvalue weighted by Gasteiger charge is -2.05. The van der Waals surface area contributed by atoms with E-state index >= 15 is 0 Å². The first-order valence-electron chi connectivity index (χ1n) is 8.53. The molecule has 3 rings (SSSR count). The van der Waals surface area contributed by atoms with E-state index in [1.54, 1.807) is 6.20 Å². The number of nitrogens with two attached hydrogens (primary N) is 2. The molecule has 5 nitrogen and oxygen atoms in total. The van der Waals surface area contributed by atoms with Gasteiger partial charge in [0.05, 0.1) is 6.04 Å². The molecule has 1 aromatic heterocycles. The minimum Gasteiger partial charge on any atom is -0.398 e. The van der Waals surface area contributed by atoms with Gasteiger partial charge in [0, 0.05) is 28.4 Å². The predicted molar refractivity (Wildman–Crippen MR) is 120 cm³/mol. The molecule has 0 amide bonds. The third kappa shape index (κ3) is 6.65. The Bertz CT molecular complexity index is 889. The van der Waals surface area contributed by atoms with E-state index in [2.05, 4.69) is 26.0 Å². The molecule has 0 aliphatic heterocycles. The highest BCUT2D eigenvalue weighted by atomic mass is 31.0. The molecule has 0 aliphatic carbocycles. The van der Waals surface area contributed by atoms with E-state index in [4.69, 9.17) is 11.5 Å². The fourth-order valence-electron chi connectivity index (χ4n) is 2.46. The molecule has 0 radical (unpaired) electrons. The number of aromatic amines is 1. The zero-order chi connectivity index (χ0) is 20.4. The first-order valence-corrected chi connectivity index (χ1v) is 9.11. The van der Waals surface area contributed by atoms with Crippen LogP contribution in [0.1, 0.15) is 31.0 Å². The van der Waals surface area contributed by atoms with Gasteiger partial charge in [-0.2, -0.15) is 0 Å². The van der Waals surface area contributed by atoms with Crippen LogP contribution in [-0.2, 0) is 4.79 Å². The summed E-state index contributed by atoms with van der Waals surface area (Å²) >= 11 is 0. The van der Waals surface area contributed by atoms with Gasteiger partial charge in [0.25, 0.3) is 0 Å². The van der Waals surface area contributed by atoms with Crippen molar-refractivity contribution >= 4 is 37.3 Å². The van der Waals surface area contributed by atoms with Crippen LogP contribution in [0.15, 0.2) is 61.3 Å². The highest BCUT2D eigenvalue weighted by molar-refractivity contribution is 7.13. The first-order chi connectivity index (χ1) is 12.8. The number of benzene rings is 2. The minimum atomic E-state index is -0.522. The monoisotopic (exact) mass is 384 g/mol. The molecule has 2 unspecified atom stereocenters. The van der Waals surface area contributed by atoms with Crippen LogP contribution in [0.2, 0.25) is 0 Å². The van der Waals surface area contributed by atoms with E-state index in [-0.39, 0.29) is 5.78 Å². The Labute approximate surface area is 163 Å². The minimum absolute atomic E-state index is 0.0187. The van der Waals surface area contributed by atoms with E-state index < -0.39 is 6.04 Å². The average Bonchev–Trinajstić information content (AvgIpc) is 3.06. The number of aromatic nitrogens is 1. The second-order valence-electron chi connectivity index (χ2n) is 6.03. The van der Waals surface area contributed by atoms with Gasteiger partial charge in [-0.1, -0.05) is 52.4 Å². The van der Waals surface area contributed by atoms with Crippen molar-refractivity contribution in [2.24, 2.45) is 5.73 Å². The van der Waals surface area contributed by atoms with E-state index in [1.165, 1.54) is 6.92 Å². The number of Topliss-reactive ketones (excluding diaryl/α,β-unsaturated/α-hetero) is 1. The van der Waals surface area contributed by atoms with E-state index in [1.807, 2.05) is 62.5 Å². The van der Waals surface area contributed by atoms with Gasteiger partial charge in [0.1, 0.15) is 0 Å². The molecule has 0 aliphatic rings. The number of anilines is 1. The van der Waals surface area contributed by atoms with Crippen LogP contribution >= 0.6 is 9.39 Å². The Morgan fingerprint density at radius 3 is 2.22 bits per heavy atom. The topological polar surface area (TPSA) is 96.9 Å². The Morgan fingerprint density at radius 1 is 1.15 bits per heavy atom. The van der Waals surface area contributed by atoms with Gasteiger partial charge in [0.15, 0.2) is 5.78 Å². The third-order valence-electron chi connectivity index (χ3n) is 3.81. The molecule has 0 saturated carbocycles. The number of allylic oxidation sites excluding steroid dienone is 1. The third-order valence-corrected chi connectivity index (χ3v) is 3.81. The molecule has 3 aromatic rings. The van der Waals surface area contributed by atoms with Crippen LogP contribution in [0.5, 0.6) is 0 Å². The summed E-state index contributed by atoms with van der Waals surface area (Å²) in [7, 11) is 4.17. The Balaban J connectivity index is 0.000000246. The maximum absolute atomic E-state index is 11.1. The van der Waals surface area contributed by atoms with Crippen LogP contribution in [0.25, 0.3) is 16.5 Å². The number of carbonyl (C=O) groups excluding carboxylic acids is 1. The largest absolute Gasteiger partial charge is 0.398 e. The van der Waals surface area contributed by atoms with Gasteiger partial charge in [-0.15, -0.1) is 0 Å². The smallest absolute Gasteiger partial charge is 0.151 e. The van der Waals surface area contributed by atoms with Crippen molar-refractivity contribution in [3.8, 4) is 0 Å². The summed E-state index contributed by atoms with van der Waals surface area (Å²) in [6.07, 6.45) is 1.80. The van der Waals surface area contributed by atoms with Crippen molar-refractivity contribution in [1.82, 2.24) is 10.1 Å². The lowest BCUT2D eigenvalue weighted by atomic mass is 10.0. The maximum Gasteiger partial charge on any atom is 0.151 e. The summed E-state index contributed by atoms with van der Waals surface area (Å²) in [5.74, 6) is -0.0187. The van der Waals surface area contributed by atoms with Crippen molar-refractivity contribution in [2.75, 3.05) is 12.8 Å². The summed E-state index contributed by atoms with van der Waals surface area (Å²) in [6, 6.07) is 15.0. The molecule has 2 atom stereocenters. The number of hydrogen-bond donors (Lipinski definition) is 4. The van der Waals surface area contributed by atoms with Gasteiger partial charge in [-0.25, -0.2) is 0 Å². The maximum atomic E-state index is 11.1. The molecular weight excluding hydrogens is 355 g/mol. The molecule has 1 heterocycles. The van der Waals surface area contributed by atoms with Crippen molar-refractivity contribution in [3.05, 3.63) is 72.4 Å². The molecule has 0 saturated heterocycles. The molecular formula is C21H29N4OP. The molecule has 6 N–H and O–H groups in total. The molecule has 0 bridgehead atoms. The number of hydrogen-bond acceptors (Lipinski definition) is 4. The summed E-state index contributed by atoms with van der Waals surface area (Å²) in [6.45, 7) is 7.26. The predicted octanol–water partition coefficient (Wildman–Crippen LogP) is 4.05. The average molecular weight is 384 g/mol. The van der Waals surface area contributed by atoms with Gasteiger partial charge in [0.2, 0.25) is 0 Å². The second kappa shape index (κ2) is 11.3. The zero-order valence-corrected chi connectivity index (χ0v) is 17.3. The standard InChI is InChI=1S/C11H12N2O.C9H11N.CH6NP/c1-7(14)11(12)9-6-13-10-5-3-2-4-8(9)10;1-7(2)8-5-3-4-6-9(8)10;1-2-3/h2-6,11,13H,12H2,1H3;3-6H,1,10H2,2H3;2H,3H2,1H3. The number of nitrogens with one attached hydrogen (secondary N) is 2. The molecule has 144 valence electrons. The highest BCUT2D eigenvalue weighted by Gasteiger charge is 2.14. The molecule has 0 fully saturated rings. The summed E-state index contributed by atoms with van der Waals surface area (Å²) in [4.78, 5) is 14.2.